The third kappa shape index (κ3) is 3.21. The van der Waals surface area contributed by atoms with Crippen molar-refractivity contribution in [1.82, 2.24) is 5.32 Å². The minimum atomic E-state index is -1.32. The number of hydrogen-bond donors (Lipinski definition) is 4. The standard InChI is InChI=1S/C11H12N2O5/c12-8-2-1-6(15)3-7(8)10(16)4-9(11(17)18)13-5-14/h1-3,5,9,15H,4,12H2,(H,13,14)(H,17,18)/t9-/m0/s1. The molecule has 0 spiro atoms. The molecular weight excluding hydrogens is 240 g/mol. The van der Waals surface area contributed by atoms with Crippen LogP contribution in [0.4, 0.5) is 5.69 Å². The van der Waals surface area contributed by atoms with Crippen molar-refractivity contribution in [2.24, 2.45) is 0 Å². The van der Waals surface area contributed by atoms with Gasteiger partial charge in [-0.1, -0.05) is 0 Å². The molecule has 1 rings (SSSR count). The van der Waals surface area contributed by atoms with Gasteiger partial charge in [-0.15, -0.1) is 0 Å². The Morgan fingerprint density at radius 2 is 2.11 bits per heavy atom. The molecule has 5 N–H and O–H groups in total. The maximum Gasteiger partial charge on any atom is 0.326 e. The second kappa shape index (κ2) is 5.67. The van der Waals surface area contributed by atoms with Gasteiger partial charge in [-0.2, -0.15) is 0 Å². The highest BCUT2D eigenvalue weighted by Gasteiger charge is 2.22. The van der Waals surface area contributed by atoms with Gasteiger partial charge in [0.25, 0.3) is 0 Å². The summed E-state index contributed by atoms with van der Waals surface area (Å²) in [6, 6.07) is 2.48. The number of carbonyl (C=O) groups excluding carboxylic acids is 2. The van der Waals surface area contributed by atoms with E-state index in [0.717, 1.165) is 6.07 Å². The van der Waals surface area contributed by atoms with Crippen molar-refractivity contribution in [3.8, 4) is 5.75 Å². The van der Waals surface area contributed by atoms with Crippen molar-refractivity contribution >= 4 is 23.9 Å². The lowest BCUT2D eigenvalue weighted by Crippen LogP contribution is -2.37. The van der Waals surface area contributed by atoms with Crippen molar-refractivity contribution in [3.05, 3.63) is 23.8 Å². The lowest BCUT2D eigenvalue weighted by Gasteiger charge is -2.11. The number of carboxylic acids is 1. The number of nitrogens with two attached hydrogens (primary N) is 1. The molecule has 1 amide bonds. The molecule has 0 fully saturated rings. The number of carboxylic acid groups (broad SMARTS) is 1. The van der Waals surface area contributed by atoms with E-state index < -0.39 is 24.2 Å². The first-order valence-corrected chi connectivity index (χ1v) is 5.00. The molecule has 0 aliphatic heterocycles. The quantitative estimate of drug-likeness (QED) is 0.239. The number of benzene rings is 1. The molecule has 1 atom stereocenters. The van der Waals surface area contributed by atoms with E-state index in [9.17, 15) is 19.5 Å². The lowest BCUT2D eigenvalue weighted by molar-refractivity contribution is -0.140. The number of rotatable bonds is 6. The molecule has 96 valence electrons. The molecule has 7 nitrogen and oxygen atoms in total. The minimum Gasteiger partial charge on any atom is -0.508 e. The van der Waals surface area contributed by atoms with Crippen LogP contribution in [-0.2, 0) is 9.59 Å². The first-order chi connectivity index (χ1) is 8.45. The van der Waals surface area contributed by atoms with Gasteiger partial charge in [-0.25, -0.2) is 4.79 Å². The van der Waals surface area contributed by atoms with Crippen molar-refractivity contribution < 1.29 is 24.6 Å². The van der Waals surface area contributed by atoms with Crippen molar-refractivity contribution in [1.29, 1.82) is 0 Å². The summed E-state index contributed by atoms with van der Waals surface area (Å²) >= 11 is 0. The van der Waals surface area contributed by atoms with E-state index in [4.69, 9.17) is 10.8 Å². The van der Waals surface area contributed by atoms with Crippen molar-refractivity contribution in [3.63, 3.8) is 0 Å². The van der Waals surface area contributed by atoms with Crippen LogP contribution in [-0.4, -0.2) is 34.4 Å². The summed E-state index contributed by atoms with van der Waals surface area (Å²) in [5, 5.41) is 20.0. The topological polar surface area (TPSA) is 130 Å². The highest BCUT2D eigenvalue weighted by Crippen LogP contribution is 2.20. The van der Waals surface area contributed by atoms with Gasteiger partial charge in [0.15, 0.2) is 5.78 Å². The molecule has 0 aliphatic rings. The Bertz CT molecular complexity index is 486. The minimum absolute atomic E-state index is 0.0222. The van der Waals surface area contributed by atoms with Crippen LogP contribution in [0.5, 0.6) is 5.75 Å². The average Bonchev–Trinajstić information content (AvgIpc) is 2.31. The summed E-state index contributed by atoms with van der Waals surface area (Å²) in [4.78, 5) is 32.8. The number of carbonyl (C=O) groups is 3. The number of ketones is 1. The molecule has 1 aromatic carbocycles. The zero-order valence-corrected chi connectivity index (χ0v) is 9.29. The number of hydrogen-bond acceptors (Lipinski definition) is 5. The Kier molecular flexibility index (Phi) is 4.25. The second-order valence-electron chi connectivity index (χ2n) is 3.57. The van der Waals surface area contributed by atoms with Crippen LogP contribution in [0.3, 0.4) is 0 Å². The van der Waals surface area contributed by atoms with E-state index in [1.165, 1.54) is 12.1 Å². The van der Waals surface area contributed by atoms with Crippen LogP contribution in [0.25, 0.3) is 0 Å². The van der Waals surface area contributed by atoms with Crippen molar-refractivity contribution in [2.45, 2.75) is 12.5 Å². The molecule has 0 heterocycles. The molecular formula is C11H12N2O5. The number of anilines is 1. The molecule has 0 radical (unpaired) electrons. The van der Waals surface area contributed by atoms with Crippen LogP contribution in [0.1, 0.15) is 16.8 Å². The summed E-state index contributed by atoms with van der Waals surface area (Å²) in [5.74, 6) is -2.05. The molecule has 1 aromatic rings. The van der Waals surface area contributed by atoms with E-state index >= 15 is 0 Å². The molecule has 0 saturated heterocycles. The number of phenols is 1. The highest BCUT2D eigenvalue weighted by molar-refractivity contribution is 6.03. The van der Waals surface area contributed by atoms with Crippen LogP contribution in [0, 0.1) is 0 Å². The Morgan fingerprint density at radius 1 is 1.44 bits per heavy atom. The van der Waals surface area contributed by atoms with Gasteiger partial charge in [0.05, 0.1) is 0 Å². The largest absolute Gasteiger partial charge is 0.508 e. The maximum atomic E-state index is 11.8. The van der Waals surface area contributed by atoms with Gasteiger partial charge in [0.2, 0.25) is 6.41 Å². The van der Waals surface area contributed by atoms with Gasteiger partial charge in [0, 0.05) is 17.7 Å². The van der Waals surface area contributed by atoms with Gasteiger partial charge in [-0.3, -0.25) is 9.59 Å². The summed E-state index contributed by atoms with van der Waals surface area (Å²) in [7, 11) is 0. The van der Waals surface area contributed by atoms with Gasteiger partial charge < -0.3 is 21.3 Å². The fraction of sp³-hybridized carbons (Fsp3) is 0.182. The normalized spacial score (nSPS) is 11.6. The molecule has 7 heteroatoms. The van der Waals surface area contributed by atoms with Crippen LogP contribution in [0.2, 0.25) is 0 Å². The van der Waals surface area contributed by atoms with Gasteiger partial charge in [0.1, 0.15) is 11.8 Å². The molecule has 0 aromatic heterocycles. The highest BCUT2D eigenvalue weighted by atomic mass is 16.4. The van der Waals surface area contributed by atoms with E-state index in [-0.39, 0.29) is 23.4 Å². The zero-order chi connectivity index (χ0) is 13.7. The molecule has 18 heavy (non-hydrogen) atoms. The Morgan fingerprint density at radius 3 is 2.67 bits per heavy atom. The number of phenolic OH excluding ortho intramolecular Hbond substituents is 1. The fourth-order valence-corrected chi connectivity index (χ4v) is 1.38. The van der Waals surface area contributed by atoms with E-state index in [1.54, 1.807) is 0 Å². The summed E-state index contributed by atoms with van der Waals surface area (Å²) < 4.78 is 0. The Hall–Kier alpha value is -2.57. The summed E-state index contributed by atoms with van der Waals surface area (Å²) in [6.07, 6.45) is -0.236. The number of Topliss-reactive ketones (excluding diaryl/α,β-unsaturated/α-hetero) is 1. The predicted molar refractivity (Wildman–Crippen MR) is 62.1 cm³/mol. The predicted octanol–water partition coefficient (Wildman–Crippen LogP) is -0.254. The van der Waals surface area contributed by atoms with E-state index in [0.29, 0.717) is 0 Å². The third-order valence-corrected chi connectivity index (χ3v) is 2.29. The smallest absolute Gasteiger partial charge is 0.326 e. The first-order valence-electron chi connectivity index (χ1n) is 5.00. The van der Waals surface area contributed by atoms with Crippen LogP contribution < -0.4 is 11.1 Å². The number of nitrogen functional groups attached to an aromatic ring is 1. The number of aliphatic carboxylic acids is 1. The lowest BCUT2D eigenvalue weighted by atomic mass is 10.0. The van der Waals surface area contributed by atoms with Crippen LogP contribution in [0.15, 0.2) is 18.2 Å². The average molecular weight is 252 g/mol. The summed E-state index contributed by atoms with van der Waals surface area (Å²) in [6.45, 7) is 0. The molecule has 0 saturated carbocycles. The molecule has 0 aliphatic carbocycles. The van der Waals surface area contributed by atoms with Crippen molar-refractivity contribution in [2.75, 3.05) is 5.73 Å². The number of aromatic hydroxyl groups is 1. The Balaban J connectivity index is 2.89. The van der Waals surface area contributed by atoms with Gasteiger partial charge in [-0.05, 0) is 18.2 Å². The third-order valence-electron chi connectivity index (χ3n) is 2.29. The Labute approximate surface area is 102 Å². The zero-order valence-electron chi connectivity index (χ0n) is 9.29. The number of nitrogens with one attached hydrogen (secondary N) is 1. The first kappa shape index (κ1) is 13.5. The number of amides is 1. The second-order valence-corrected chi connectivity index (χ2v) is 3.57. The maximum absolute atomic E-state index is 11.8. The molecule has 0 unspecified atom stereocenters. The van der Waals surface area contributed by atoms with Gasteiger partial charge >= 0.3 is 5.97 Å². The van der Waals surface area contributed by atoms with Crippen LogP contribution >= 0.6 is 0 Å². The van der Waals surface area contributed by atoms with E-state index in [2.05, 4.69) is 0 Å². The molecule has 0 bridgehead atoms. The summed E-state index contributed by atoms with van der Waals surface area (Å²) in [5.41, 5.74) is 5.70. The van der Waals surface area contributed by atoms with E-state index in [1.807, 2.05) is 5.32 Å². The fourth-order valence-electron chi connectivity index (χ4n) is 1.38. The SMILES string of the molecule is Nc1ccc(O)cc1C(=O)C[C@H](NC=O)C(=O)O. The monoisotopic (exact) mass is 252 g/mol.